The second kappa shape index (κ2) is 10.4. The Balaban J connectivity index is 1.30. The van der Waals surface area contributed by atoms with E-state index in [1.807, 2.05) is 12.1 Å². The quantitative estimate of drug-likeness (QED) is 0.180. The topological polar surface area (TPSA) is 26.3 Å². The monoisotopic (exact) mass is 636 g/mol. The van der Waals surface area contributed by atoms with Crippen LogP contribution in [0.1, 0.15) is 0 Å². The van der Waals surface area contributed by atoms with Gasteiger partial charge in [0, 0.05) is 27.3 Å². The van der Waals surface area contributed by atoms with Gasteiger partial charge in [-0.1, -0.05) is 152 Å². The number of hydrogen-bond acceptors (Lipinski definition) is 2. The van der Waals surface area contributed by atoms with Crippen LogP contribution >= 0.6 is 0 Å². The van der Waals surface area contributed by atoms with E-state index in [1.54, 1.807) is 0 Å². The number of hydrogen-bond donors (Lipinski definition) is 0. The van der Waals surface area contributed by atoms with Crippen molar-refractivity contribution in [3.63, 3.8) is 0 Å². The molecule has 0 radical (unpaired) electrons. The third-order valence-corrected chi connectivity index (χ3v) is 10.5. The summed E-state index contributed by atoms with van der Waals surface area (Å²) in [5, 5.41) is 11.5. The van der Waals surface area contributed by atoms with Crippen molar-refractivity contribution in [3.05, 3.63) is 170 Å². The van der Waals surface area contributed by atoms with Crippen LogP contribution in [0.15, 0.2) is 179 Å². The molecule has 50 heavy (non-hydrogen) atoms. The van der Waals surface area contributed by atoms with Crippen LogP contribution in [0.2, 0.25) is 0 Å². The van der Waals surface area contributed by atoms with Gasteiger partial charge in [0.2, 0.25) is 0 Å². The zero-order valence-corrected chi connectivity index (χ0v) is 27.0. The molecule has 232 valence electrons. The predicted molar refractivity (Wildman–Crippen MR) is 210 cm³/mol. The van der Waals surface area contributed by atoms with E-state index in [0.717, 1.165) is 49.4 Å². The van der Waals surface area contributed by atoms with Crippen molar-refractivity contribution in [3.8, 4) is 33.4 Å². The molecule has 0 aliphatic rings. The molecule has 0 saturated carbocycles. The molecule has 0 spiro atoms. The number of para-hydroxylation sites is 2. The van der Waals surface area contributed by atoms with E-state index in [1.165, 1.54) is 60.1 Å². The summed E-state index contributed by atoms with van der Waals surface area (Å²) in [5.74, 6) is 0. The number of benzene rings is 9. The molecule has 9 aromatic carbocycles. The maximum Gasteiger partial charge on any atom is 0.147 e. The first-order valence-electron chi connectivity index (χ1n) is 17.1. The van der Waals surface area contributed by atoms with Crippen LogP contribution in [-0.2, 0) is 0 Å². The van der Waals surface area contributed by atoms with E-state index in [0.29, 0.717) is 0 Å². The Morgan fingerprint density at radius 3 is 1.44 bits per heavy atom. The van der Waals surface area contributed by atoms with E-state index in [-0.39, 0.29) is 0 Å². The molecule has 2 heterocycles. The first kappa shape index (κ1) is 27.3. The van der Waals surface area contributed by atoms with E-state index in [2.05, 4.69) is 158 Å². The Morgan fingerprint density at radius 1 is 0.280 bits per heavy atom. The lowest BCUT2D eigenvalue weighted by Crippen LogP contribution is -1.93. The number of rotatable bonds is 3. The summed E-state index contributed by atoms with van der Waals surface area (Å²) in [6.07, 6.45) is 0. The van der Waals surface area contributed by atoms with Gasteiger partial charge in [-0.15, -0.1) is 0 Å². The Labute approximate surface area is 287 Å². The molecule has 0 bridgehead atoms. The molecule has 2 aromatic heterocycles. The summed E-state index contributed by atoms with van der Waals surface area (Å²) < 4.78 is 13.4. The molecule has 2 nitrogen and oxygen atoms in total. The summed E-state index contributed by atoms with van der Waals surface area (Å²) in [5.41, 5.74) is 10.6. The first-order chi connectivity index (χ1) is 24.8. The van der Waals surface area contributed by atoms with E-state index in [9.17, 15) is 0 Å². The molecule has 0 fully saturated rings. The van der Waals surface area contributed by atoms with Crippen LogP contribution in [0.5, 0.6) is 0 Å². The van der Waals surface area contributed by atoms with Crippen LogP contribution in [0.25, 0.3) is 110 Å². The summed E-state index contributed by atoms with van der Waals surface area (Å²) in [6, 6.07) is 60.8. The molecule has 0 amide bonds. The highest BCUT2D eigenvalue weighted by Crippen LogP contribution is 2.50. The molecule has 0 unspecified atom stereocenters. The van der Waals surface area contributed by atoms with E-state index < -0.39 is 0 Å². The highest BCUT2D eigenvalue weighted by molar-refractivity contribution is 6.30. The number of fused-ring (bicyclic) bond motifs is 10. The molecule has 11 aromatic rings. The average Bonchev–Trinajstić information content (AvgIpc) is 3.75. The van der Waals surface area contributed by atoms with Crippen LogP contribution in [0.3, 0.4) is 0 Å². The zero-order valence-electron chi connectivity index (χ0n) is 27.0. The lowest BCUT2D eigenvalue weighted by atomic mass is 9.83. The molecular formula is C48H28O2. The summed E-state index contributed by atoms with van der Waals surface area (Å²) >= 11 is 0. The minimum atomic E-state index is 0.844. The van der Waals surface area contributed by atoms with Gasteiger partial charge < -0.3 is 8.83 Å². The Morgan fingerprint density at radius 2 is 0.740 bits per heavy atom. The van der Waals surface area contributed by atoms with Gasteiger partial charge in [-0.05, 0) is 72.8 Å². The van der Waals surface area contributed by atoms with Gasteiger partial charge in [0.15, 0.2) is 0 Å². The second-order valence-electron chi connectivity index (χ2n) is 13.1. The molecule has 0 atom stereocenters. The third-order valence-electron chi connectivity index (χ3n) is 10.5. The van der Waals surface area contributed by atoms with Crippen molar-refractivity contribution >= 4 is 76.2 Å². The fourth-order valence-corrected chi connectivity index (χ4v) is 8.36. The van der Waals surface area contributed by atoms with Gasteiger partial charge in [-0.25, -0.2) is 0 Å². The molecule has 0 aliphatic carbocycles. The van der Waals surface area contributed by atoms with Crippen LogP contribution in [0, 0.1) is 0 Å². The Hall–Kier alpha value is -6.64. The van der Waals surface area contributed by atoms with Gasteiger partial charge in [-0.2, -0.15) is 0 Å². The summed E-state index contributed by atoms with van der Waals surface area (Å²) in [6.45, 7) is 0. The normalized spacial score (nSPS) is 12.0. The molecule has 0 N–H and O–H groups in total. The minimum absolute atomic E-state index is 0.844. The fourth-order valence-electron chi connectivity index (χ4n) is 8.36. The van der Waals surface area contributed by atoms with Crippen molar-refractivity contribution in [2.24, 2.45) is 0 Å². The standard InChI is InChI=1S/C48H28O2/c1-2-16-30-29(14-1)15-13-25-31(30)32-17-3-4-19-34(32)44-35-20-5-7-22-37(35)45(38-23-8-6-21-36(38)44)41-28-40-33-18-9-11-26-42(33)49-47(40)46-39-24-10-12-27-43(39)50-48(41)46/h1-28H. The highest BCUT2D eigenvalue weighted by atomic mass is 16.3. The Kier molecular flexibility index (Phi) is 5.70. The maximum absolute atomic E-state index is 6.81. The van der Waals surface area contributed by atoms with Crippen LogP contribution in [0.4, 0.5) is 0 Å². The molecular weight excluding hydrogens is 609 g/mol. The van der Waals surface area contributed by atoms with Crippen LogP contribution in [-0.4, -0.2) is 0 Å². The number of furan rings is 2. The first-order valence-corrected chi connectivity index (χ1v) is 17.1. The van der Waals surface area contributed by atoms with E-state index in [4.69, 9.17) is 8.83 Å². The second-order valence-corrected chi connectivity index (χ2v) is 13.1. The van der Waals surface area contributed by atoms with Gasteiger partial charge in [0.05, 0.1) is 5.39 Å². The largest absolute Gasteiger partial charge is 0.455 e. The van der Waals surface area contributed by atoms with Crippen molar-refractivity contribution in [2.45, 2.75) is 0 Å². The molecule has 0 saturated heterocycles. The predicted octanol–water partition coefficient (Wildman–Crippen LogP) is 13.9. The van der Waals surface area contributed by atoms with Gasteiger partial charge in [-0.3, -0.25) is 0 Å². The Bertz CT molecular complexity index is 3090. The minimum Gasteiger partial charge on any atom is -0.455 e. The van der Waals surface area contributed by atoms with Crippen molar-refractivity contribution < 1.29 is 8.83 Å². The van der Waals surface area contributed by atoms with Crippen LogP contribution < -0.4 is 0 Å². The van der Waals surface area contributed by atoms with Crippen molar-refractivity contribution in [1.29, 1.82) is 0 Å². The molecule has 0 aliphatic heterocycles. The smallest absolute Gasteiger partial charge is 0.147 e. The van der Waals surface area contributed by atoms with Gasteiger partial charge in [0.25, 0.3) is 0 Å². The fraction of sp³-hybridized carbons (Fsp3) is 0. The highest BCUT2D eigenvalue weighted by Gasteiger charge is 2.25. The van der Waals surface area contributed by atoms with Gasteiger partial charge >= 0.3 is 0 Å². The summed E-state index contributed by atoms with van der Waals surface area (Å²) in [7, 11) is 0. The summed E-state index contributed by atoms with van der Waals surface area (Å²) in [4.78, 5) is 0. The maximum atomic E-state index is 6.81. The van der Waals surface area contributed by atoms with Crippen molar-refractivity contribution in [1.82, 2.24) is 0 Å². The van der Waals surface area contributed by atoms with E-state index >= 15 is 0 Å². The third kappa shape index (κ3) is 3.79. The lowest BCUT2D eigenvalue weighted by molar-refractivity contribution is 0.663. The molecule has 11 rings (SSSR count). The lowest BCUT2D eigenvalue weighted by Gasteiger charge is -2.20. The van der Waals surface area contributed by atoms with Gasteiger partial charge in [0.1, 0.15) is 22.3 Å². The SMILES string of the molecule is c1ccc(-c2c3ccccc3c(-c3cc4c5ccccc5oc4c4c3oc3ccccc34)c3ccccc23)c(-c2cccc3ccccc23)c1. The van der Waals surface area contributed by atoms with Crippen molar-refractivity contribution in [2.75, 3.05) is 0 Å². The molecule has 2 heteroatoms. The zero-order chi connectivity index (χ0) is 32.8. The average molecular weight is 637 g/mol.